The predicted molar refractivity (Wildman–Crippen MR) is 225 cm³/mol. The van der Waals surface area contributed by atoms with Gasteiger partial charge in [-0.3, -0.25) is 0 Å². The second-order valence-electron chi connectivity index (χ2n) is 15.8. The van der Waals surface area contributed by atoms with Crippen LogP contribution in [0.15, 0.2) is 176 Å². The summed E-state index contributed by atoms with van der Waals surface area (Å²) in [4.78, 5) is 2.45. The monoisotopic (exact) mass is 679 g/mol. The van der Waals surface area contributed by atoms with E-state index in [1.165, 1.54) is 83.2 Å². The number of benzene rings is 8. The van der Waals surface area contributed by atoms with Gasteiger partial charge in [-0.25, -0.2) is 0 Å². The molecule has 1 heteroatoms. The normalized spacial score (nSPS) is 14.3. The maximum atomic E-state index is 2.45. The zero-order chi connectivity index (χ0) is 35.9. The summed E-state index contributed by atoms with van der Waals surface area (Å²) in [5.74, 6) is 0. The molecule has 8 aromatic rings. The van der Waals surface area contributed by atoms with E-state index in [9.17, 15) is 0 Å². The Morgan fingerprint density at radius 3 is 1.42 bits per heavy atom. The molecule has 2 aliphatic rings. The van der Waals surface area contributed by atoms with Gasteiger partial charge in [-0.1, -0.05) is 155 Å². The molecule has 0 spiro atoms. The van der Waals surface area contributed by atoms with Crippen molar-refractivity contribution in [2.75, 3.05) is 4.90 Å². The summed E-state index contributed by atoms with van der Waals surface area (Å²) in [5, 5.41) is 2.50. The molecule has 1 nitrogen and oxygen atoms in total. The Morgan fingerprint density at radius 2 is 0.755 bits per heavy atom. The third-order valence-corrected chi connectivity index (χ3v) is 12.1. The fourth-order valence-electron chi connectivity index (χ4n) is 9.16. The van der Waals surface area contributed by atoms with Gasteiger partial charge in [-0.2, -0.15) is 0 Å². The van der Waals surface area contributed by atoms with Gasteiger partial charge < -0.3 is 4.90 Å². The van der Waals surface area contributed by atoms with Gasteiger partial charge in [-0.05, 0) is 126 Å². The SMILES string of the molecule is CC1(C)c2ccccc2-c2cc(N(c3ccc(-c4ccc5cc(-c6ccccc6)ccc5c4)cc3)c3ccc4c(c3)C(C)(C)c3ccccc3-4)ccc21. The van der Waals surface area contributed by atoms with Crippen LogP contribution in [0.25, 0.3) is 55.3 Å². The van der Waals surface area contributed by atoms with Crippen molar-refractivity contribution >= 4 is 27.8 Å². The molecule has 0 fully saturated rings. The lowest BCUT2D eigenvalue weighted by Gasteiger charge is -2.29. The van der Waals surface area contributed by atoms with Crippen molar-refractivity contribution in [3.05, 3.63) is 198 Å². The second kappa shape index (κ2) is 11.7. The topological polar surface area (TPSA) is 3.24 Å². The molecule has 2 aliphatic carbocycles. The zero-order valence-corrected chi connectivity index (χ0v) is 30.7. The number of nitrogens with zero attached hydrogens (tertiary/aromatic N) is 1. The van der Waals surface area contributed by atoms with Crippen molar-refractivity contribution in [3.63, 3.8) is 0 Å². The van der Waals surface area contributed by atoms with Crippen LogP contribution in [0.4, 0.5) is 17.1 Å². The van der Waals surface area contributed by atoms with E-state index in [-0.39, 0.29) is 10.8 Å². The molecule has 8 aromatic carbocycles. The Hall–Kier alpha value is -6.18. The summed E-state index contributed by atoms with van der Waals surface area (Å²) in [6.45, 7) is 9.42. The molecule has 0 aliphatic heterocycles. The van der Waals surface area contributed by atoms with Crippen LogP contribution in [0.3, 0.4) is 0 Å². The van der Waals surface area contributed by atoms with E-state index in [4.69, 9.17) is 0 Å². The molecule has 0 heterocycles. The lowest BCUT2D eigenvalue weighted by Crippen LogP contribution is -2.17. The molecule has 0 radical (unpaired) electrons. The fraction of sp³-hybridized carbons (Fsp3) is 0.115. The molecule has 53 heavy (non-hydrogen) atoms. The van der Waals surface area contributed by atoms with Crippen LogP contribution < -0.4 is 4.90 Å². The van der Waals surface area contributed by atoms with Crippen LogP contribution in [0.2, 0.25) is 0 Å². The molecule has 0 saturated heterocycles. The third kappa shape index (κ3) is 4.91. The van der Waals surface area contributed by atoms with Gasteiger partial charge in [0.2, 0.25) is 0 Å². The predicted octanol–water partition coefficient (Wildman–Crippen LogP) is 14.3. The second-order valence-corrected chi connectivity index (χ2v) is 15.8. The summed E-state index contributed by atoms with van der Waals surface area (Å²) in [6, 6.07) is 65.3. The molecular weight excluding hydrogens is 639 g/mol. The third-order valence-electron chi connectivity index (χ3n) is 12.1. The summed E-state index contributed by atoms with van der Waals surface area (Å²) < 4.78 is 0. The Bertz CT molecular complexity index is 2710. The van der Waals surface area contributed by atoms with Crippen molar-refractivity contribution in [2.24, 2.45) is 0 Å². The Kier molecular flexibility index (Phi) is 6.94. The highest BCUT2D eigenvalue weighted by atomic mass is 15.1. The minimum absolute atomic E-state index is 0.0384. The minimum Gasteiger partial charge on any atom is -0.310 e. The first kappa shape index (κ1) is 31.5. The van der Waals surface area contributed by atoms with Gasteiger partial charge in [0, 0.05) is 27.9 Å². The highest BCUT2D eigenvalue weighted by Crippen LogP contribution is 2.53. The van der Waals surface area contributed by atoms with Gasteiger partial charge in [0.05, 0.1) is 0 Å². The molecule has 10 rings (SSSR count). The fourth-order valence-corrected chi connectivity index (χ4v) is 9.16. The van der Waals surface area contributed by atoms with Crippen LogP contribution in [0, 0.1) is 0 Å². The van der Waals surface area contributed by atoms with Crippen molar-refractivity contribution in [1.29, 1.82) is 0 Å². The molecule has 0 bridgehead atoms. The number of hydrogen-bond donors (Lipinski definition) is 0. The van der Waals surface area contributed by atoms with Gasteiger partial charge >= 0.3 is 0 Å². The van der Waals surface area contributed by atoms with Crippen molar-refractivity contribution in [3.8, 4) is 44.5 Å². The molecular formula is C52H41N. The highest BCUT2D eigenvalue weighted by molar-refractivity contribution is 5.92. The van der Waals surface area contributed by atoms with Crippen LogP contribution in [-0.2, 0) is 10.8 Å². The van der Waals surface area contributed by atoms with E-state index in [1.54, 1.807) is 0 Å². The molecule has 0 N–H and O–H groups in total. The minimum atomic E-state index is -0.0870. The van der Waals surface area contributed by atoms with E-state index in [0.717, 1.165) is 11.4 Å². The van der Waals surface area contributed by atoms with E-state index >= 15 is 0 Å². The Balaban J connectivity index is 1.07. The number of hydrogen-bond acceptors (Lipinski definition) is 1. The quantitative estimate of drug-likeness (QED) is 0.175. The van der Waals surface area contributed by atoms with Crippen LogP contribution in [0.5, 0.6) is 0 Å². The largest absolute Gasteiger partial charge is 0.310 e. The van der Waals surface area contributed by atoms with Gasteiger partial charge in [0.25, 0.3) is 0 Å². The highest BCUT2D eigenvalue weighted by Gasteiger charge is 2.37. The average Bonchev–Trinajstić information content (AvgIpc) is 3.57. The first-order valence-electron chi connectivity index (χ1n) is 18.8. The number of anilines is 3. The summed E-state index contributed by atoms with van der Waals surface area (Å²) >= 11 is 0. The summed E-state index contributed by atoms with van der Waals surface area (Å²) in [5.41, 5.74) is 19.1. The van der Waals surface area contributed by atoms with E-state index < -0.39 is 0 Å². The zero-order valence-electron chi connectivity index (χ0n) is 30.7. The van der Waals surface area contributed by atoms with Gasteiger partial charge in [0.1, 0.15) is 0 Å². The standard InChI is InChI=1S/C52H41N/c1-51(2)48-17-11-9-15-44(48)46-32-41(27-29-49(46)51)53(42-26-28-45-43-14-8-10-16-47(43)52(3,4)50(45)33-42)40-24-22-35(23-25-40)37-19-21-38-30-36(18-20-39(38)31-37)34-12-6-5-7-13-34/h5-33H,1-4H3. The maximum absolute atomic E-state index is 2.45. The first-order chi connectivity index (χ1) is 25.8. The van der Waals surface area contributed by atoms with Crippen molar-refractivity contribution in [1.82, 2.24) is 0 Å². The van der Waals surface area contributed by atoms with Crippen LogP contribution >= 0.6 is 0 Å². The Morgan fingerprint density at radius 1 is 0.302 bits per heavy atom. The van der Waals surface area contributed by atoms with E-state index in [1.807, 2.05) is 0 Å². The molecule has 0 amide bonds. The summed E-state index contributed by atoms with van der Waals surface area (Å²) in [7, 11) is 0. The molecule has 254 valence electrons. The van der Waals surface area contributed by atoms with Crippen LogP contribution in [-0.4, -0.2) is 0 Å². The number of rotatable bonds is 5. The lowest BCUT2D eigenvalue weighted by atomic mass is 9.82. The smallest absolute Gasteiger partial charge is 0.0468 e. The molecule has 0 saturated carbocycles. The Labute approximate surface area is 312 Å². The van der Waals surface area contributed by atoms with Crippen molar-refractivity contribution < 1.29 is 0 Å². The first-order valence-corrected chi connectivity index (χ1v) is 18.8. The summed E-state index contributed by atoms with van der Waals surface area (Å²) in [6.07, 6.45) is 0. The van der Waals surface area contributed by atoms with Crippen molar-refractivity contribution in [2.45, 2.75) is 38.5 Å². The van der Waals surface area contributed by atoms with E-state index in [0.29, 0.717) is 0 Å². The van der Waals surface area contributed by atoms with Gasteiger partial charge in [-0.15, -0.1) is 0 Å². The maximum Gasteiger partial charge on any atom is 0.0468 e. The van der Waals surface area contributed by atoms with Crippen LogP contribution in [0.1, 0.15) is 49.9 Å². The van der Waals surface area contributed by atoms with Gasteiger partial charge in [0.15, 0.2) is 0 Å². The molecule has 0 atom stereocenters. The number of fused-ring (bicyclic) bond motifs is 7. The molecule has 0 aromatic heterocycles. The molecule has 0 unspecified atom stereocenters. The average molecular weight is 680 g/mol. The lowest BCUT2D eigenvalue weighted by molar-refractivity contribution is 0.660. The van der Waals surface area contributed by atoms with E-state index in [2.05, 4.69) is 209 Å².